The van der Waals surface area contributed by atoms with Gasteiger partial charge in [-0.2, -0.15) is 0 Å². The van der Waals surface area contributed by atoms with Crippen LogP contribution in [-0.4, -0.2) is 33.4 Å². The molecule has 0 atom stereocenters. The molecule has 0 unspecified atom stereocenters. The first kappa shape index (κ1) is 15.8. The molecule has 1 aromatic carbocycles. The van der Waals surface area contributed by atoms with Crippen LogP contribution in [0.2, 0.25) is 0 Å². The summed E-state index contributed by atoms with van der Waals surface area (Å²) in [5, 5.41) is 9.18. The van der Waals surface area contributed by atoms with Crippen molar-refractivity contribution in [3.8, 4) is 11.3 Å². The van der Waals surface area contributed by atoms with Crippen molar-refractivity contribution in [3.05, 3.63) is 66.5 Å². The smallest absolute Gasteiger partial charge is 0.237 e. The molecule has 0 saturated heterocycles. The summed E-state index contributed by atoms with van der Waals surface area (Å²) in [6.45, 7) is 0.754. The van der Waals surface area contributed by atoms with E-state index in [0.29, 0.717) is 5.75 Å². The van der Waals surface area contributed by atoms with Crippen molar-refractivity contribution in [1.29, 1.82) is 0 Å². The Morgan fingerprint density at radius 2 is 2.00 bits per heavy atom. The minimum Gasteiger partial charge on any atom is -0.311 e. The molecule has 1 amide bonds. The van der Waals surface area contributed by atoms with Gasteiger partial charge in [0, 0.05) is 30.2 Å². The summed E-state index contributed by atoms with van der Waals surface area (Å²) in [5.41, 5.74) is 3.97. The first-order valence-electron chi connectivity index (χ1n) is 8.06. The number of para-hydroxylation sites is 1. The van der Waals surface area contributed by atoms with E-state index in [1.54, 1.807) is 12.4 Å². The largest absolute Gasteiger partial charge is 0.311 e. The second kappa shape index (κ2) is 7.03. The fourth-order valence-corrected chi connectivity index (χ4v) is 3.57. The number of fused-ring (bicyclic) bond motifs is 1. The number of carbonyl (C=O) groups excluding carboxylic acids is 1. The van der Waals surface area contributed by atoms with E-state index in [-0.39, 0.29) is 5.91 Å². The zero-order valence-corrected chi connectivity index (χ0v) is 14.3. The average Bonchev–Trinajstić information content (AvgIpc) is 3.11. The number of pyridine rings is 1. The lowest BCUT2D eigenvalue weighted by Gasteiger charge is -2.16. The van der Waals surface area contributed by atoms with Crippen LogP contribution in [0.15, 0.2) is 66.0 Å². The number of carbonyl (C=O) groups is 1. The number of aromatic nitrogens is 3. The predicted molar refractivity (Wildman–Crippen MR) is 98.5 cm³/mol. The molecule has 0 aliphatic carbocycles. The second-order valence-corrected chi connectivity index (χ2v) is 6.71. The molecule has 124 valence electrons. The number of benzene rings is 1. The van der Waals surface area contributed by atoms with Crippen molar-refractivity contribution < 1.29 is 4.79 Å². The van der Waals surface area contributed by atoms with E-state index in [0.717, 1.165) is 34.9 Å². The number of hydrogen-bond acceptors (Lipinski definition) is 5. The summed E-state index contributed by atoms with van der Waals surface area (Å²) in [6.07, 6.45) is 4.40. The number of amides is 1. The van der Waals surface area contributed by atoms with Gasteiger partial charge in [-0.05, 0) is 42.3 Å². The number of nitrogens with zero attached hydrogens (tertiary/aromatic N) is 4. The fraction of sp³-hybridized carbons (Fsp3) is 0.158. The summed E-state index contributed by atoms with van der Waals surface area (Å²) in [6, 6.07) is 15.7. The lowest BCUT2D eigenvalue weighted by Crippen LogP contribution is -2.30. The molecule has 0 radical (unpaired) electrons. The maximum atomic E-state index is 12.5. The summed E-state index contributed by atoms with van der Waals surface area (Å²) in [5.74, 6) is 0.461. The van der Waals surface area contributed by atoms with Crippen LogP contribution in [0.4, 0.5) is 5.69 Å². The Labute approximate surface area is 150 Å². The maximum absolute atomic E-state index is 12.5. The predicted octanol–water partition coefficient (Wildman–Crippen LogP) is 3.22. The molecule has 2 aromatic heterocycles. The van der Waals surface area contributed by atoms with Gasteiger partial charge in [-0.1, -0.05) is 30.0 Å². The normalized spacial score (nSPS) is 12.9. The van der Waals surface area contributed by atoms with Gasteiger partial charge in [-0.25, -0.2) is 0 Å². The maximum Gasteiger partial charge on any atom is 0.237 e. The highest BCUT2D eigenvalue weighted by molar-refractivity contribution is 7.99. The molecule has 0 saturated carbocycles. The molecule has 4 rings (SSSR count). The molecule has 6 heteroatoms. The third-order valence-electron chi connectivity index (χ3n) is 4.13. The molecular formula is C19H16N4OS. The highest BCUT2D eigenvalue weighted by Gasteiger charge is 2.23. The molecular weight excluding hydrogens is 332 g/mol. The Bertz CT molecular complexity index is 883. The zero-order chi connectivity index (χ0) is 17.1. The van der Waals surface area contributed by atoms with Gasteiger partial charge >= 0.3 is 0 Å². The van der Waals surface area contributed by atoms with Gasteiger partial charge in [-0.3, -0.25) is 9.78 Å². The minimum absolute atomic E-state index is 0.105. The van der Waals surface area contributed by atoms with Gasteiger partial charge in [0.2, 0.25) is 5.91 Å². The third kappa shape index (κ3) is 3.39. The molecule has 3 aromatic rings. The summed E-state index contributed by atoms with van der Waals surface area (Å²) in [7, 11) is 0. The van der Waals surface area contributed by atoms with Crippen LogP contribution in [0.1, 0.15) is 5.56 Å². The van der Waals surface area contributed by atoms with E-state index < -0.39 is 0 Å². The van der Waals surface area contributed by atoms with E-state index in [9.17, 15) is 4.79 Å². The molecule has 3 heterocycles. The van der Waals surface area contributed by atoms with Gasteiger partial charge in [0.15, 0.2) is 0 Å². The number of rotatable bonds is 4. The molecule has 5 nitrogen and oxygen atoms in total. The number of hydrogen-bond donors (Lipinski definition) is 0. The van der Waals surface area contributed by atoms with Crippen LogP contribution in [0, 0.1) is 0 Å². The Morgan fingerprint density at radius 3 is 2.80 bits per heavy atom. The molecule has 0 bridgehead atoms. The molecule has 25 heavy (non-hydrogen) atoms. The Hall–Kier alpha value is -2.73. The number of thioether (sulfide) groups is 1. The average molecular weight is 348 g/mol. The lowest BCUT2D eigenvalue weighted by atomic mass is 10.2. The van der Waals surface area contributed by atoms with Gasteiger partial charge in [0.25, 0.3) is 0 Å². The van der Waals surface area contributed by atoms with Gasteiger partial charge < -0.3 is 4.90 Å². The van der Waals surface area contributed by atoms with Gasteiger partial charge in [0.1, 0.15) is 5.03 Å². The SMILES string of the molecule is O=C(CSc1ccc(-c2cccnc2)nn1)N1CCc2ccccc21. The van der Waals surface area contributed by atoms with Crippen LogP contribution < -0.4 is 4.90 Å². The van der Waals surface area contributed by atoms with Crippen molar-refractivity contribution in [2.45, 2.75) is 11.4 Å². The zero-order valence-electron chi connectivity index (χ0n) is 13.5. The molecule has 1 aliphatic rings. The Morgan fingerprint density at radius 1 is 1.08 bits per heavy atom. The first-order valence-corrected chi connectivity index (χ1v) is 9.05. The third-order valence-corrected chi connectivity index (χ3v) is 5.03. The number of anilines is 1. The fourth-order valence-electron chi connectivity index (χ4n) is 2.88. The van der Waals surface area contributed by atoms with Gasteiger partial charge in [0.05, 0.1) is 11.4 Å². The standard InChI is InChI=1S/C19H16N4OS/c24-19(23-11-9-14-4-1-2-6-17(14)23)13-25-18-8-7-16(21-22-18)15-5-3-10-20-12-15/h1-8,10,12H,9,11,13H2. The van der Waals surface area contributed by atoms with Crippen LogP contribution in [0.5, 0.6) is 0 Å². The van der Waals surface area contributed by atoms with Crippen molar-refractivity contribution >= 4 is 23.4 Å². The van der Waals surface area contributed by atoms with Crippen LogP contribution in [0.3, 0.4) is 0 Å². The highest BCUT2D eigenvalue weighted by Crippen LogP contribution is 2.28. The first-order chi connectivity index (χ1) is 12.3. The van der Waals surface area contributed by atoms with Crippen LogP contribution >= 0.6 is 11.8 Å². The Balaban J connectivity index is 1.40. The molecule has 0 spiro atoms. The van der Waals surface area contributed by atoms with Crippen LogP contribution in [-0.2, 0) is 11.2 Å². The van der Waals surface area contributed by atoms with E-state index in [1.165, 1.54) is 17.3 Å². The van der Waals surface area contributed by atoms with Crippen molar-refractivity contribution in [1.82, 2.24) is 15.2 Å². The summed E-state index contributed by atoms with van der Waals surface area (Å²) in [4.78, 5) is 18.5. The van der Waals surface area contributed by atoms with Crippen molar-refractivity contribution in [2.75, 3.05) is 17.2 Å². The van der Waals surface area contributed by atoms with Crippen molar-refractivity contribution in [2.24, 2.45) is 0 Å². The van der Waals surface area contributed by atoms with E-state index in [4.69, 9.17) is 0 Å². The topological polar surface area (TPSA) is 59.0 Å². The molecule has 1 aliphatic heterocycles. The lowest BCUT2D eigenvalue weighted by molar-refractivity contribution is -0.116. The molecule has 0 N–H and O–H groups in total. The summed E-state index contributed by atoms with van der Waals surface area (Å²) < 4.78 is 0. The van der Waals surface area contributed by atoms with Gasteiger partial charge in [-0.15, -0.1) is 10.2 Å². The second-order valence-electron chi connectivity index (χ2n) is 5.71. The van der Waals surface area contributed by atoms with E-state index >= 15 is 0 Å². The van der Waals surface area contributed by atoms with Crippen LogP contribution in [0.25, 0.3) is 11.3 Å². The molecule has 0 fully saturated rings. The monoisotopic (exact) mass is 348 g/mol. The Kier molecular flexibility index (Phi) is 4.43. The minimum atomic E-state index is 0.105. The highest BCUT2D eigenvalue weighted by atomic mass is 32.2. The summed E-state index contributed by atoms with van der Waals surface area (Å²) >= 11 is 1.41. The van der Waals surface area contributed by atoms with Crippen molar-refractivity contribution in [3.63, 3.8) is 0 Å². The van der Waals surface area contributed by atoms with E-state index in [2.05, 4.69) is 21.2 Å². The quantitative estimate of drug-likeness (QED) is 0.678. The van der Waals surface area contributed by atoms with E-state index in [1.807, 2.05) is 47.4 Å².